The maximum absolute atomic E-state index is 9.54. The summed E-state index contributed by atoms with van der Waals surface area (Å²) in [6.45, 7) is 0. The summed E-state index contributed by atoms with van der Waals surface area (Å²) >= 11 is 7.23. The van der Waals surface area contributed by atoms with Crippen LogP contribution in [-0.2, 0) is 5.88 Å². The molecule has 0 unspecified atom stereocenters. The summed E-state index contributed by atoms with van der Waals surface area (Å²) in [5, 5.41) is 10.3. The van der Waals surface area contributed by atoms with Crippen LogP contribution in [0.1, 0.15) is 4.88 Å². The summed E-state index contributed by atoms with van der Waals surface area (Å²) in [4.78, 5) is 0.915. The summed E-state index contributed by atoms with van der Waals surface area (Å²) in [6, 6.07) is 5.35. The molecule has 0 aliphatic rings. The number of thiophene rings is 1. The van der Waals surface area contributed by atoms with Crippen LogP contribution in [0.4, 0.5) is 5.69 Å². The first kappa shape index (κ1) is 8.66. The van der Waals surface area contributed by atoms with Crippen LogP contribution < -0.4 is 5.73 Å². The van der Waals surface area contributed by atoms with Gasteiger partial charge >= 0.3 is 0 Å². The molecule has 2 rings (SSSR count). The van der Waals surface area contributed by atoms with Crippen LogP contribution in [0.25, 0.3) is 10.1 Å². The SMILES string of the molecule is Nc1c(CCl)sc2cccc(O)c12. The van der Waals surface area contributed by atoms with Gasteiger partial charge in [-0.2, -0.15) is 0 Å². The van der Waals surface area contributed by atoms with E-state index in [0.717, 1.165) is 15.0 Å². The number of phenolic OH excluding ortho intramolecular Hbond substituents is 1. The topological polar surface area (TPSA) is 46.2 Å². The van der Waals surface area contributed by atoms with Crippen LogP contribution in [0.3, 0.4) is 0 Å². The van der Waals surface area contributed by atoms with E-state index < -0.39 is 0 Å². The number of hydrogen-bond donors (Lipinski definition) is 2. The quantitative estimate of drug-likeness (QED) is 0.716. The summed E-state index contributed by atoms with van der Waals surface area (Å²) in [5.41, 5.74) is 6.42. The fourth-order valence-electron chi connectivity index (χ4n) is 1.30. The third kappa shape index (κ3) is 1.24. The van der Waals surface area contributed by atoms with Crippen molar-refractivity contribution >= 4 is 38.7 Å². The van der Waals surface area contributed by atoms with Gasteiger partial charge in [0.05, 0.1) is 17.0 Å². The molecule has 13 heavy (non-hydrogen) atoms. The van der Waals surface area contributed by atoms with Crippen molar-refractivity contribution < 1.29 is 5.11 Å². The monoisotopic (exact) mass is 213 g/mol. The van der Waals surface area contributed by atoms with Gasteiger partial charge in [0.25, 0.3) is 0 Å². The number of alkyl halides is 1. The fraction of sp³-hybridized carbons (Fsp3) is 0.111. The highest BCUT2D eigenvalue weighted by Crippen LogP contribution is 2.39. The van der Waals surface area contributed by atoms with Gasteiger partial charge in [-0.05, 0) is 12.1 Å². The smallest absolute Gasteiger partial charge is 0.126 e. The van der Waals surface area contributed by atoms with Crippen molar-refractivity contribution in [3.05, 3.63) is 23.1 Å². The molecule has 0 saturated heterocycles. The Balaban J connectivity index is 2.85. The molecule has 2 aromatic rings. The second-order valence-corrected chi connectivity index (χ2v) is 4.13. The normalized spacial score (nSPS) is 10.8. The number of phenols is 1. The molecule has 1 aromatic heterocycles. The van der Waals surface area contributed by atoms with Crippen LogP contribution in [0, 0.1) is 0 Å². The molecule has 0 fully saturated rings. The van der Waals surface area contributed by atoms with E-state index in [-0.39, 0.29) is 5.75 Å². The molecule has 0 saturated carbocycles. The third-order valence-corrected chi connectivity index (χ3v) is 3.53. The van der Waals surface area contributed by atoms with Crippen LogP contribution in [0.5, 0.6) is 5.75 Å². The lowest BCUT2D eigenvalue weighted by molar-refractivity contribution is 0.482. The molecule has 68 valence electrons. The molecule has 0 spiro atoms. The molecule has 4 heteroatoms. The van der Waals surface area contributed by atoms with E-state index in [2.05, 4.69) is 0 Å². The predicted molar refractivity (Wildman–Crippen MR) is 57.5 cm³/mol. The first-order valence-corrected chi connectivity index (χ1v) is 5.14. The number of aromatic hydroxyl groups is 1. The Morgan fingerprint density at radius 2 is 2.23 bits per heavy atom. The number of rotatable bonds is 1. The van der Waals surface area contributed by atoms with Crippen molar-refractivity contribution in [2.45, 2.75) is 5.88 Å². The minimum absolute atomic E-state index is 0.225. The van der Waals surface area contributed by atoms with Crippen molar-refractivity contribution in [2.24, 2.45) is 0 Å². The third-order valence-electron chi connectivity index (χ3n) is 1.93. The van der Waals surface area contributed by atoms with Gasteiger partial charge in [-0.3, -0.25) is 0 Å². The molecule has 0 radical (unpaired) electrons. The van der Waals surface area contributed by atoms with Gasteiger partial charge in [-0.15, -0.1) is 22.9 Å². The summed E-state index contributed by atoms with van der Waals surface area (Å²) in [7, 11) is 0. The number of anilines is 1. The zero-order chi connectivity index (χ0) is 9.42. The van der Waals surface area contributed by atoms with Crippen molar-refractivity contribution in [1.29, 1.82) is 0 Å². The molecular formula is C9H8ClNOS. The Kier molecular flexibility index (Phi) is 2.06. The largest absolute Gasteiger partial charge is 0.507 e. The zero-order valence-corrected chi connectivity index (χ0v) is 8.32. The maximum atomic E-state index is 9.54. The maximum Gasteiger partial charge on any atom is 0.126 e. The van der Waals surface area contributed by atoms with Gasteiger partial charge in [0.15, 0.2) is 0 Å². The van der Waals surface area contributed by atoms with E-state index in [4.69, 9.17) is 17.3 Å². The molecule has 0 aliphatic heterocycles. The summed E-state index contributed by atoms with van der Waals surface area (Å²) in [5.74, 6) is 0.618. The molecule has 1 heterocycles. The van der Waals surface area contributed by atoms with Crippen molar-refractivity contribution in [3.63, 3.8) is 0 Å². The van der Waals surface area contributed by atoms with Crippen molar-refractivity contribution in [1.82, 2.24) is 0 Å². The first-order valence-electron chi connectivity index (χ1n) is 3.79. The van der Waals surface area contributed by atoms with Gasteiger partial charge in [0, 0.05) is 9.58 Å². The Hall–Kier alpha value is -0.930. The van der Waals surface area contributed by atoms with E-state index in [1.165, 1.54) is 11.3 Å². The fourth-order valence-corrected chi connectivity index (χ4v) is 2.60. The molecule has 0 aliphatic carbocycles. The number of benzene rings is 1. The van der Waals surface area contributed by atoms with Crippen molar-refractivity contribution in [2.75, 3.05) is 5.73 Å². The average molecular weight is 214 g/mol. The number of hydrogen-bond acceptors (Lipinski definition) is 3. The Morgan fingerprint density at radius 3 is 2.85 bits per heavy atom. The molecular weight excluding hydrogens is 206 g/mol. The minimum atomic E-state index is 0.225. The highest BCUT2D eigenvalue weighted by molar-refractivity contribution is 7.20. The van der Waals surface area contributed by atoms with Gasteiger partial charge in [-0.1, -0.05) is 6.07 Å². The first-order chi connectivity index (χ1) is 6.24. The standard InChI is InChI=1S/C9H8ClNOS/c10-4-7-9(11)8-5(12)2-1-3-6(8)13-7/h1-3,12H,4,11H2. The van der Waals surface area contributed by atoms with Gasteiger partial charge < -0.3 is 10.8 Å². The second kappa shape index (κ2) is 3.09. The highest BCUT2D eigenvalue weighted by atomic mass is 35.5. The van der Waals surface area contributed by atoms with Crippen LogP contribution in [-0.4, -0.2) is 5.11 Å². The number of nitrogen functional groups attached to an aromatic ring is 1. The van der Waals surface area contributed by atoms with E-state index in [1.807, 2.05) is 6.07 Å². The highest BCUT2D eigenvalue weighted by Gasteiger charge is 2.10. The molecule has 0 amide bonds. The van der Waals surface area contributed by atoms with Crippen LogP contribution >= 0.6 is 22.9 Å². The second-order valence-electron chi connectivity index (χ2n) is 2.72. The average Bonchev–Trinajstić information content (AvgIpc) is 2.44. The van der Waals surface area contributed by atoms with E-state index >= 15 is 0 Å². The molecule has 3 N–H and O–H groups in total. The van der Waals surface area contributed by atoms with E-state index in [9.17, 15) is 5.11 Å². The van der Waals surface area contributed by atoms with Crippen LogP contribution in [0.15, 0.2) is 18.2 Å². The van der Waals surface area contributed by atoms with Crippen LogP contribution in [0.2, 0.25) is 0 Å². The van der Waals surface area contributed by atoms with Gasteiger partial charge in [-0.25, -0.2) is 0 Å². The summed E-state index contributed by atoms with van der Waals surface area (Å²) in [6.07, 6.45) is 0. The lowest BCUT2D eigenvalue weighted by Gasteiger charge is -1.95. The minimum Gasteiger partial charge on any atom is -0.507 e. The lowest BCUT2D eigenvalue weighted by Crippen LogP contribution is -1.85. The van der Waals surface area contributed by atoms with Gasteiger partial charge in [0.2, 0.25) is 0 Å². The zero-order valence-electron chi connectivity index (χ0n) is 6.75. The predicted octanol–water partition coefficient (Wildman–Crippen LogP) is 2.93. The van der Waals surface area contributed by atoms with E-state index in [0.29, 0.717) is 11.6 Å². The molecule has 0 bridgehead atoms. The molecule has 0 atom stereocenters. The van der Waals surface area contributed by atoms with Crippen molar-refractivity contribution in [3.8, 4) is 5.75 Å². The number of fused-ring (bicyclic) bond motifs is 1. The number of halogens is 1. The Bertz CT molecular complexity index is 452. The molecule has 1 aromatic carbocycles. The number of nitrogens with two attached hydrogens (primary N) is 1. The summed E-state index contributed by atoms with van der Waals surface area (Å²) < 4.78 is 0.980. The van der Waals surface area contributed by atoms with Gasteiger partial charge in [0.1, 0.15) is 5.75 Å². The van der Waals surface area contributed by atoms with E-state index in [1.54, 1.807) is 12.1 Å². The molecule has 2 nitrogen and oxygen atoms in total. The lowest BCUT2D eigenvalue weighted by atomic mass is 10.2. The Morgan fingerprint density at radius 1 is 1.46 bits per heavy atom. The Labute approximate surface area is 84.6 Å².